The van der Waals surface area contributed by atoms with Gasteiger partial charge in [-0.25, -0.2) is 0 Å². The maximum Gasteiger partial charge on any atom is 0.255 e. The summed E-state index contributed by atoms with van der Waals surface area (Å²) >= 11 is 6.75. The topological polar surface area (TPSA) is 55.1 Å². The van der Waals surface area contributed by atoms with E-state index in [4.69, 9.17) is 5.73 Å². The van der Waals surface area contributed by atoms with Crippen LogP contribution >= 0.6 is 31.9 Å². The van der Waals surface area contributed by atoms with Crippen molar-refractivity contribution < 1.29 is 4.79 Å². The molecule has 3 N–H and O–H groups in total. The van der Waals surface area contributed by atoms with Gasteiger partial charge in [0.25, 0.3) is 5.91 Å². The van der Waals surface area contributed by atoms with Crippen molar-refractivity contribution in [3.8, 4) is 0 Å². The third-order valence-electron chi connectivity index (χ3n) is 2.69. The SMILES string of the molecule is Cc1ccc(C(=O)Nc2ccc(N)c(Br)c2)cc1Br. The number of anilines is 2. The van der Waals surface area contributed by atoms with E-state index in [-0.39, 0.29) is 5.91 Å². The fraction of sp³-hybridized carbons (Fsp3) is 0.0714. The summed E-state index contributed by atoms with van der Waals surface area (Å²) in [5.41, 5.74) is 8.73. The lowest BCUT2D eigenvalue weighted by atomic mass is 10.1. The molecule has 3 nitrogen and oxygen atoms in total. The van der Waals surface area contributed by atoms with Crippen molar-refractivity contribution in [2.24, 2.45) is 0 Å². The number of nitrogens with two attached hydrogens (primary N) is 1. The fourth-order valence-electron chi connectivity index (χ4n) is 1.54. The second-order valence-corrected chi connectivity index (χ2v) is 5.86. The van der Waals surface area contributed by atoms with Gasteiger partial charge in [-0.3, -0.25) is 4.79 Å². The maximum absolute atomic E-state index is 12.1. The lowest BCUT2D eigenvalue weighted by Crippen LogP contribution is -2.12. The second kappa shape index (κ2) is 5.75. The monoisotopic (exact) mass is 382 g/mol. The van der Waals surface area contributed by atoms with E-state index >= 15 is 0 Å². The fourth-order valence-corrected chi connectivity index (χ4v) is 2.30. The molecule has 0 saturated carbocycles. The first kappa shape index (κ1) is 14.1. The highest BCUT2D eigenvalue weighted by molar-refractivity contribution is 9.10. The number of benzene rings is 2. The van der Waals surface area contributed by atoms with E-state index in [9.17, 15) is 4.79 Å². The number of hydrogen-bond acceptors (Lipinski definition) is 2. The smallest absolute Gasteiger partial charge is 0.255 e. The van der Waals surface area contributed by atoms with Gasteiger partial charge in [0.2, 0.25) is 0 Å². The Bertz CT molecular complexity index is 641. The van der Waals surface area contributed by atoms with Crippen molar-refractivity contribution in [2.45, 2.75) is 6.92 Å². The summed E-state index contributed by atoms with van der Waals surface area (Å²) in [5.74, 6) is -0.155. The molecule has 0 spiro atoms. The summed E-state index contributed by atoms with van der Waals surface area (Å²) in [6.45, 7) is 1.98. The number of aryl methyl sites for hydroxylation is 1. The van der Waals surface area contributed by atoms with Crippen LogP contribution < -0.4 is 11.1 Å². The lowest BCUT2D eigenvalue weighted by Gasteiger charge is -2.08. The Morgan fingerprint density at radius 3 is 2.47 bits per heavy atom. The maximum atomic E-state index is 12.1. The van der Waals surface area contributed by atoms with Crippen LogP contribution in [0.25, 0.3) is 0 Å². The molecule has 5 heteroatoms. The molecule has 98 valence electrons. The average molecular weight is 384 g/mol. The molecule has 0 aliphatic heterocycles. The quantitative estimate of drug-likeness (QED) is 0.757. The summed E-state index contributed by atoms with van der Waals surface area (Å²) in [6, 6.07) is 10.8. The Morgan fingerprint density at radius 2 is 1.84 bits per heavy atom. The molecule has 2 aromatic carbocycles. The van der Waals surface area contributed by atoms with Gasteiger partial charge < -0.3 is 11.1 Å². The van der Waals surface area contributed by atoms with Crippen molar-refractivity contribution in [1.29, 1.82) is 0 Å². The van der Waals surface area contributed by atoms with Crippen LogP contribution in [0.5, 0.6) is 0 Å². The Hall–Kier alpha value is -1.33. The predicted octanol–water partition coefficient (Wildman–Crippen LogP) is 4.35. The number of carbonyl (C=O) groups excluding carboxylic acids is 1. The van der Waals surface area contributed by atoms with Gasteiger partial charge in [0.1, 0.15) is 0 Å². The predicted molar refractivity (Wildman–Crippen MR) is 85.4 cm³/mol. The van der Waals surface area contributed by atoms with Crippen LogP contribution in [0, 0.1) is 6.92 Å². The molecule has 1 amide bonds. The summed E-state index contributed by atoms with van der Waals surface area (Å²) in [5, 5.41) is 2.83. The van der Waals surface area contributed by atoms with Gasteiger partial charge in [-0.1, -0.05) is 22.0 Å². The van der Waals surface area contributed by atoms with E-state index in [0.29, 0.717) is 16.9 Å². The number of hydrogen-bond donors (Lipinski definition) is 2. The Balaban J connectivity index is 2.20. The molecule has 19 heavy (non-hydrogen) atoms. The standard InChI is InChI=1S/C14H12Br2N2O/c1-8-2-3-9(6-11(8)15)14(19)18-10-4-5-13(17)12(16)7-10/h2-7H,17H2,1H3,(H,18,19). The molecule has 0 saturated heterocycles. The van der Waals surface area contributed by atoms with E-state index in [1.54, 1.807) is 30.3 Å². The zero-order valence-electron chi connectivity index (χ0n) is 10.2. The lowest BCUT2D eigenvalue weighted by molar-refractivity contribution is 0.102. The molecule has 0 heterocycles. The molecular weight excluding hydrogens is 372 g/mol. The molecule has 2 rings (SSSR count). The van der Waals surface area contributed by atoms with Crippen LogP contribution in [-0.4, -0.2) is 5.91 Å². The van der Waals surface area contributed by atoms with Crippen molar-refractivity contribution in [1.82, 2.24) is 0 Å². The number of nitrogens with one attached hydrogen (secondary N) is 1. The summed E-state index contributed by atoms with van der Waals surface area (Å²) < 4.78 is 1.68. The summed E-state index contributed by atoms with van der Waals surface area (Å²) in [6.07, 6.45) is 0. The van der Waals surface area contributed by atoms with Gasteiger partial charge in [0, 0.05) is 25.9 Å². The molecule has 0 aliphatic rings. The highest BCUT2D eigenvalue weighted by Crippen LogP contribution is 2.24. The van der Waals surface area contributed by atoms with Gasteiger partial charge in [-0.15, -0.1) is 0 Å². The van der Waals surface area contributed by atoms with Crippen molar-refractivity contribution in [3.63, 3.8) is 0 Å². The molecule has 0 bridgehead atoms. The highest BCUT2D eigenvalue weighted by Gasteiger charge is 2.08. The van der Waals surface area contributed by atoms with Gasteiger partial charge >= 0.3 is 0 Å². The third kappa shape index (κ3) is 3.36. The van der Waals surface area contributed by atoms with Crippen molar-refractivity contribution in [3.05, 3.63) is 56.5 Å². The van der Waals surface area contributed by atoms with E-state index in [2.05, 4.69) is 37.2 Å². The van der Waals surface area contributed by atoms with E-state index in [1.165, 1.54) is 0 Å². The third-order valence-corrected chi connectivity index (χ3v) is 4.23. The van der Waals surface area contributed by atoms with Gasteiger partial charge in [0.05, 0.1) is 0 Å². The van der Waals surface area contributed by atoms with E-state index < -0.39 is 0 Å². The van der Waals surface area contributed by atoms with Crippen LogP contribution in [0.2, 0.25) is 0 Å². The molecular formula is C14H12Br2N2O. The molecule has 0 aliphatic carbocycles. The highest BCUT2D eigenvalue weighted by atomic mass is 79.9. The first-order chi connectivity index (χ1) is 8.97. The Labute approximate surface area is 128 Å². The van der Waals surface area contributed by atoms with Crippen LogP contribution in [0.4, 0.5) is 11.4 Å². The minimum Gasteiger partial charge on any atom is -0.398 e. The first-order valence-corrected chi connectivity index (χ1v) is 7.18. The minimum atomic E-state index is -0.155. The van der Waals surface area contributed by atoms with Crippen LogP contribution in [0.3, 0.4) is 0 Å². The first-order valence-electron chi connectivity index (χ1n) is 5.60. The number of halogens is 2. The molecule has 0 unspecified atom stereocenters. The molecule has 0 atom stereocenters. The van der Waals surface area contributed by atoms with Crippen LogP contribution in [-0.2, 0) is 0 Å². The van der Waals surface area contributed by atoms with Crippen molar-refractivity contribution >= 4 is 49.1 Å². The molecule has 0 radical (unpaired) electrons. The van der Waals surface area contributed by atoms with E-state index in [0.717, 1.165) is 14.5 Å². The number of nitrogen functional groups attached to an aromatic ring is 1. The van der Waals surface area contributed by atoms with Gasteiger partial charge in [0.15, 0.2) is 0 Å². The Morgan fingerprint density at radius 1 is 1.11 bits per heavy atom. The van der Waals surface area contributed by atoms with Gasteiger partial charge in [-0.05, 0) is 58.7 Å². The minimum absolute atomic E-state index is 0.155. The largest absolute Gasteiger partial charge is 0.398 e. The number of rotatable bonds is 2. The molecule has 0 aromatic heterocycles. The van der Waals surface area contributed by atoms with Crippen LogP contribution in [0.1, 0.15) is 15.9 Å². The zero-order chi connectivity index (χ0) is 14.0. The Kier molecular flexibility index (Phi) is 4.27. The van der Waals surface area contributed by atoms with Crippen LogP contribution in [0.15, 0.2) is 45.3 Å². The van der Waals surface area contributed by atoms with Crippen molar-refractivity contribution in [2.75, 3.05) is 11.1 Å². The normalized spacial score (nSPS) is 10.3. The zero-order valence-corrected chi connectivity index (χ0v) is 13.4. The molecule has 0 fully saturated rings. The second-order valence-electron chi connectivity index (χ2n) is 4.15. The molecule has 2 aromatic rings. The van der Waals surface area contributed by atoms with Gasteiger partial charge in [-0.2, -0.15) is 0 Å². The summed E-state index contributed by atoms with van der Waals surface area (Å²) in [4.78, 5) is 12.1. The van der Waals surface area contributed by atoms with E-state index in [1.807, 2.05) is 13.0 Å². The number of amides is 1. The number of carbonyl (C=O) groups is 1. The average Bonchev–Trinajstić information content (AvgIpc) is 2.37. The summed E-state index contributed by atoms with van der Waals surface area (Å²) in [7, 11) is 0.